The molecule has 0 radical (unpaired) electrons. The first-order valence-corrected chi connectivity index (χ1v) is 6.68. The van der Waals surface area contributed by atoms with E-state index < -0.39 is 0 Å². The first kappa shape index (κ1) is 12.9. The van der Waals surface area contributed by atoms with Gasteiger partial charge in [0.05, 0.1) is 24.1 Å². The molecule has 0 unspecified atom stereocenters. The van der Waals surface area contributed by atoms with E-state index in [4.69, 9.17) is 20.8 Å². The highest BCUT2D eigenvalue weighted by Crippen LogP contribution is 2.28. The van der Waals surface area contributed by atoms with Gasteiger partial charge in [0.15, 0.2) is 0 Å². The Hall–Kier alpha value is -2.13. The number of methoxy groups -OCH3 is 1. The molecule has 0 saturated heterocycles. The van der Waals surface area contributed by atoms with Crippen molar-refractivity contribution in [3.8, 4) is 5.75 Å². The molecular formula is C16H14ClNO2. The van der Waals surface area contributed by atoms with E-state index in [9.17, 15) is 0 Å². The van der Waals surface area contributed by atoms with E-state index in [-0.39, 0.29) is 0 Å². The maximum Gasteiger partial charge on any atom is 0.134 e. The third kappa shape index (κ3) is 2.45. The maximum atomic E-state index is 6.17. The van der Waals surface area contributed by atoms with Gasteiger partial charge in [0, 0.05) is 23.6 Å². The van der Waals surface area contributed by atoms with Crippen LogP contribution in [0.25, 0.3) is 11.0 Å². The SMILES string of the molecule is COc1ccc(Cl)c(NCc2coc3ccccc23)c1. The van der Waals surface area contributed by atoms with E-state index in [0.29, 0.717) is 11.6 Å². The molecule has 0 saturated carbocycles. The lowest BCUT2D eigenvalue weighted by Crippen LogP contribution is -1.99. The Balaban J connectivity index is 1.83. The van der Waals surface area contributed by atoms with Crippen LogP contribution < -0.4 is 10.1 Å². The standard InChI is InChI=1S/C16H14ClNO2/c1-19-12-6-7-14(17)15(8-12)18-9-11-10-20-16-5-3-2-4-13(11)16/h2-8,10,18H,9H2,1H3. The predicted octanol–water partition coefficient (Wildman–Crippen LogP) is 4.71. The summed E-state index contributed by atoms with van der Waals surface area (Å²) in [5.74, 6) is 0.772. The van der Waals surface area contributed by atoms with Crippen LogP contribution in [-0.4, -0.2) is 7.11 Å². The fourth-order valence-corrected chi connectivity index (χ4v) is 2.31. The second-order valence-corrected chi connectivity index (χ2v) is 4.86. The Morgan fingerprint density at radius 2 is 2.05 bits per heavy atom. The molecule has 0 atom stereocenters. The zero-order valence-corrected chi connectivity index (χ0v) is 11.8. The van der Waals surface area contributed by atoms with Gasteiger partial charge in [-0.15, -0.1) is 0 Å². The molecule has 3 aromatic rings. The van der Waals surface area contributed by atoms with Gasteiger partial charge in [-0.1, -0.05) is 29.8 Å². The van der Waals surface area contributed by atoms with E-state index in [0.717, 1.165) is 28.0 Å². The zero-order chi connectivity index (χ0) is 13.9. The van der Waals surface area contributed by atoms with Gasteiger partial charge in [-0.2, -0.15) is 0 Å². The van der Waals surface area contributed by atoms with E-state index in [2.05, 4.69) is 5.32 Å². The average Bonchev–Trinajstić information content (AvgIpc) is 2.90. The van der Waals surface area contributed by atoms with Gasteiger partial charge < -0.3 is 14.5 Å². The Bertz CT molecular complexity index is 736. The molecule has 3 nitrogen and oxygen atoms in total. The molecule has 2 aromatic carbocycles. The second-order valence-electron chi connectivity index (χ2n) is 4.46. The van der Waals surface area contributed by atoms with E-state index >= 15 is 0 Å². The third-order valence-electron chi connectivity index (χ3n) is 3.20. The lowest BCUT2D eigenvalue weighted by Gasteiger charge is -2.09. The first-order chi connectivity index (χ1) is 9.78. The largest absolute Gasteiger partial charge is 0.497 e. The number of ether oxygens (including phenoxy) is 1. The summed E-state index contributed by atoms with van der Waals surface area (Å²) < 4.78 is 10.7. The van der Waals surface area contributed by atoms with Gasteiger partial charge in [0.1, 0.15) is 11.3 Å². The molecule has 0 spiro atoms. The average molecular weight is 288 g/mol. The molecule has 0 amide bonds. The fourth-order valence-electron chi connectivity index (χ4n) is 2.13. The van der Waals surface area contributed by atoms with Crippen LogP contribution in [0.3, 0.4) is 0 Å². The topological polar surface area (TPSA) is 34.4 Å². The lowest BCUT2D eigenvalue weighted by molar-refractivity contribution is 0.415. The summed E-state index contributed by atoms with van der Waals surface area (Å²) in [6, 6.07) is 13.5. The summed E-state index contributed by atoms with van der Waals surface area (Å²) >= 11 is 6.17. The fraction of sp³-hybridized carbons (Fsp3) is 0.125. The number of hydrogen-bond donors (Lipinski definition) is 1. The van der Waals surface area contributed by atoms with Crippen molar-refractivity contribution >= 4 is 28.3 Å². The normalized spacial score (nSPS) is 10.7. The highest BCUT2D eigenvalue weighted by molar-refractivity contribution is 6.33. The van der Waals surface area contributed by atoms with E-state index in [1.165, 1.54) is 0 Å². The minimum absolute atomic E-state index is 0.643. The van der Waals surface area contributed by atoms with Gasteiger partial charge in [0.25, 0.3) is 0 Å². The van der Waals surface area contributed by atoms with Crippen molar-refractivity contribution in [2.24, 2.45) is 0 Å². The van der Waals surface area contributed by atoms with Crippen LogP contribution in [0.4, 0.5) is 5.69 Å². The molecule has 102 valence electrons. The number of benzene rings is 2. The van der Waals surface area contributed by atoms with Gasteiger partial charge in [-0.3, -0.25) is 0 Å². The second kappa shape index (κ2) is 5.47. The number of halogens is 1. The predicted molar refractivity (Wildman–Crippen MR) is 81.5 cm³/mol. The summed E-state index contributed by atoms with van der Waals surface area (Å²) in [7, 11) is 1.64. The first-order valence-electron chi connectivity index (χ1n) is 6.30. The molecular weight excluding hydrogens is 274 g/mol. The minimum atomic E-state index is 0.643. The quantitative estimate of drug-likeness (QED) is 0.755. The molecule has 0 aliphatic rings. The van der Waals surface area contributed by atoms with Crippen LogP contribution in [0.2, 0.25) is 5.02 Å². The number of fused-ring (bicyclic) bond motifs is 1. The lowest BCUT2D eigenvalue weighted by atomic mass is 10.2. The number of furan rings is 1. The molecule has 0 fully saturated rings. The monoisotopic (exact) mass is 287 g/mol. The maximum absolute atomic E-state index is 6.17. The minimum Gasteiger partial charge on any atom is -0.497 e. The van der Waals surface area contributed by atoms with Crippen LogP contribution in [-0.2, 0) is 6.54 Å². The summed E-state index contributed by atoms with van der Waals surface area (Å²) in [6.45, 7) is 0.643. The van der Waals surface area contributed by atoms with Crippen molar-refractivity contribution in [3.63, 3.8) is 0 Å². The highest BCUT2D eigenvalue weighted by atomic mass is 35.5. The number of hydrogen-bond acceptors (Lipinski definition) is 3. The van der Waals surface area contributed by atoms with Crippen LogP contribution in [0.15, 0.2) is 53.1 Å². The molecule has 3 rings (SSSR count). The van der Waals surface area contributed by atoms with Crippen molar-refractivity contribution in [3.05, 3.63) is 59.3 Å². The van der Waals surface area contributed by atoms with Crippen LogP contribution in [0, 0.1) is 0 Å². The van der Waals surface area contributed by atoms with E-state index in [1.807, 2.05) is 42.5 Å². The molecule has 0 aliphatic carbocycles. The van der Waals surface area contributed by atoms with Crippen LogP contribution >= 0.6 is 11.6 Å². The Morgan fingerprint density at radius 3 is 2.90 bits per heavy atom. The summed E-state index contributed by atoms with van der Waals surface area (Å²) in [4.78, 5) is 0. The summed E-state index contributed by atoms with van der Waals surface area (Å²) in [5, 5.41) is 5.09. The third-order valence-corrected chi connectivity index (χ3v) is 3.53. The molecule has 0 aliphatic heterocycles. The molecule has 4 heteroatoms. The van der Waals surface area contributed by atoms with Gasteiger partial charge in [-0.25, -0.2) is 0 Å². The van der Waals surface area contributed by atoms with Gasteiger partial charge >= 0.3 is 0 Å². The van der Waals surface area contributed by atoms with Gasteiger partial charge in [-0.05, 0) is 18.2 Å². The van der Waals surface area contributed by atoms with Crippen LogP contribution in [0.1, 0.15) is 5.56 Å². The summed E-state index contributed by atoms with van der Waals surface area (Å²) in [6.07, 6.45) is 1.77. The smallest absolute Gasteiger partial charge is 0.134 e. The Kier molecular flexibility index (Phi) is 3.52. The summed E-state index contributed by atoms with van der Waals surface area (Å²) in [5.41, 5.74) is 2.83. The van der Waals surface area contributed by atoms with Gasteiger partial charge in [0.2, 0.25) is 0 Å². The Labute approximate surface area is 122 Å². The molecule has 0 bridgehead atoms. The number of para-hydroxylation sites is 1. The Morgan fingerprint density at radius 1 is 1.20 bits per heavy atom. The van der Waals surface area contributed by atoms with Crippen molar-refractivity contribution in [2.75, 3.05) is 12.4 Å². The highest BCUT2D eigenvalue weighted by Gasteiger charge is 2.07. The molecule has 1 N–H and O–H groups in total. The molecule has 1 heterocycles. The number of anilines is 1. The van der Waals surface area contributed by atoms with Crippen molar-refractivity contribution in [1.29, 1.82) is 0 Å². The van der Waals surface area contributed by atoms with Crippen molar-refractivity contribution < 1.29 is 9.15 Å². The number of nitrogens with one attached hydrogen (secondary N) is 1. The van der Waals surface area contributed by atoms with Crippen molar-refractivity contribution in [2.45, 2.75) is 6.54 Å². The number of rotatable bonds is 4. The van der Waals surface area contributed by atoms with Crippen LogP contribution in [0.5, 0.6) is 5.75 Å². The van der Waals surface area contributed by atoms with E-state index in [1.54, 1.807) is 13.4 Å². The molecule has 20 heavy (non-hydrogen) atoms. The zero-order valence-electron chi connectivity index (χ0n) is 11.0. The molecule has 1 aromatic heterocycles. The van der Waals surface area contributed by atoms with Crippen molar-refractivity contribution in [1.82, 2.24) is 0 Å².